The van der Waals surface area contributed by atoms with Crippen LogP contribution in [0.5, 0.6) is 0 Å². The summed E-state index contributed by atoms with van der Waals surface area (Å²) in [6.45, 7) is 0. The van der Waals surface area contributed by atoms with Crippen LogP contribution in [0, 0.1) is 0 Å². The number of benzene rings is 2. The van der Waals surface area contributed by atoms with E-state index in [0.29, 0.717) is 0 Å². The second-order valence-electron chi connectivity index (χ2n) is 4.87. The van der Waals surface area contributed by atoms with Gasteiger partial charge in [-0.15, -0.1) is 0 Å². The summed E-state index contributed by atoms with van der Waals surface area (Å²) in [6.07, 6.45) is 1.82. The highest BCUT2D eigenvalue weighted by molar-refractivity contribution is 6.55. The minimum Gasteiger partial charge on any atom is -0.367 e. The molecular formula is C17H13BN3. The smallest absolute Gasteiger partial charge is 0.367 e. The molecule has 0 atom stereocenters. The first-order chi connectivity index (χ1) is 10.4. The van der Waals surface area contributed by atoms with Crippen LogP contribution in [0.2, 0.25) is 0 Å². The molecule has 3 aromatic rings. The van der Waals surface area contributed by atoms with Crippen LogP contribution in [0.4, 0.5) is 22.9 Å². The van der Waals surface area contributed by atoms with Gasteiger partial charge in [0.15, 0.2) is 0 Å². The maximum absolute atomic E-state index is 4.46. The fourth-order valence-electron chi connectivity index (χ4n) is 2.58. The lowest BCUT2D eigenvalue weighted by atomic mass is 10.1. The fraction of sp³-hybridized carbons (Fsp3) is 0. The lowest BCUT2D eigenvalue weighted by molar-refractivity contribution is 1.25. The Morgan fingerprint density at radius 1 is 0.667 bits per heavy atom. The summed E-state index contributed by atoms with van der Waals surface area (Å²) in [6, 6.07) is 24.6. The molecule has 1 radical (unpaired) electrons. The summed E-state index contributed by atoms with van der Waals surface area (Å²) in [5, 5.41) is 0. The Bertz CT molecular complexity index is 682. The van der Waals surface area contributed by atoms with Crippen molar-refractivity contribution >= 4 is 30.4 Å². The molecule has 99 valence electrons. The van der Waals surface area contributed by atoms with E-state index in [0.717, 1.165) is 22.9 Å². The molecule has 0 N–H and O–H groups in total. The third kappa shape index (κ3) is 2.05. The molecule has 4 heteroatoms. The van der Waals surface area contributed by atoms with Crippen molar-refractivity contribution in [3.05, 3.63) is 79.0 Å². The highest BCUT2D eigenvalue weighted by Gasteiger charge is 2.30. The summed E-state index contributed by atoms with van der Waals surface area (Å²) in [5.41, 5.74) is 3.44. The quantitative estimate of drug-likeness (QED) is 0.658. The molecule has 0 saturated heterocycles. The van der Waals surface area contributed by atoms with Crippen molar-refractivity contribution in [1.82, 2.24) is 4.98 Å². The number of aromatic nitrogens is 1. The van der Waals surface area contributed by atoms with E-state index in [1.807, 2.05) is 30.5 Å². The van der Waals surface area contributed by atoms with E-state index in [-0.39, 0.29) is 0 Å². The van der Waals surface area contributed by atoms with Gasteiger partial charge in [-0.1, -0.05) is 36.4 Å². The first-order valence-electron chi connectivity index (χ1n) is 6.92. The topological polar surface area (TPSA) is 19.4 Å². The van der Waals surface area contributed by atoms with Gasteiger partial charge in [-0.25, -0.2) is 4.98 Å². The average molecular weight is 270 g/mol. The van der Waals surface area contributed by atoms with Crippen LogP contribution in [-0.4, -0.2) is 12.5 Å². The van der Waals surface area contributed by atoms with E-state index in [1.54, 1.807) is 0 Å². The third-order valence-electron chi connectivity index (χ3n) is 3.56. The maximum atomic E-state index is 4.46. The Labute approximate surface area is 124 Å². The molecule has 3 nitrogen and oxygen atoms in total. The van der Waals surface area contributed by atoms with Gasteiger partial charge >= 0.3 is 7.55 Å². The second-order valence-corrected chi connectivity index (χ2v) is 4.87. The van der Waals surface area contributed by atoms with Crippen molar-refractivity contribution in [2.24, 2.45) is 0 Å². The molecule has 0 aliphatic carbocycles. The lowest BCUT2D eigenvalue weighted by Crippen LogP contribution is -2.29. The molecule has 0 bridgehead atoms. The van der Waals surface area contributed by atoms with E-state index in [1.165, 1.54) is 0 Å². The summed E-state index contributed by atoms with van der Waals surface area (Å²) < 4.78 is 0. The largest absolute Gasteiger partial charge is 0.402 e. The van der Waals surface area contributed by atoms with Gasteiger partial charge in [-0.2, -0.15) is 0 Å². The number of pyridine rings is 1. The van der Waals surface area contributed by atoms with Crippen LogP contribution in [0.25, 0.3) is 0 Å². The molecule has 0 fully saturated rings. The molecule has 0 unspecified atom stereocenters. The highest BCUT2D eigenvalue weighted by Crippen LogP contribution is 2.41. The molecule has 0 spiro atoms. The normalized spacial score (nSPS) is 13.0. The van der Waals surface area contributed by atoms with E-state index < -0.39 is 0 Å². The zero-order valence-electron chi connectivity index (χ0n) is 11.4. The monoisotopic (exact) mass is 270 g/mol. The SMILES string of the molecule is [B]1N(c2ccccc2)c2ccccc2N1c1ccccn1. The highest BCUT2D eigenvalue weighted by atomic mass is 15.3. The molecule has 21 heavy (non-hydrogen) atoms. The van der Waals surface area contributed by atoms with Gasteiger partial charge < -0.3 is 9.62 Å². The number of hydrogen-bond donors (Lipinski definition) is 0. The molecule has 1 aliphatic heterocycles. The summed E-state index contributed by atoms with van der Waals surface area (Å²) in [5.74, 6) is 0.920. The second kappa shape index (κ2) is 4.98. The van der Waals surface area contributed by atoms with Crippen molar-refractivity contribution in [2.45, 2.75) is 0 Å². The van der Waals surface area contributed by atoms with Crippen LogP contribution in [-0.2, 0) is 0 Å². The van der Waals surface area contributed by atoms with Crippen molar-refractivity contribution in [2.75, 3.05) is 9.62 Å². The Morgan fingerprint density at radius 2 is 1.33 bits per heavy atom. The zero-order chi connectivity index (χ0) is 14.1. The minimum absolute atomic E-state index is 0.920. The van der Waals surface area contributed by atoms with Crippen LogP contribution < -0.4 is 9.62 Å². The van der Waals surface area contributed by atoms with Gasteiger partial charge in [-0.3, -0.25) is 0 Å². The van der Waals surface area contributed by atoms with Gasteiger partial charge in [0.2, 0.25) is 0 Å². The van der Waals surface area contributed by atoms with Gasteiger partial charge in [0.05, 0.1) is 11.4 Å². The number of rotatable bonds is 2. The maximum Gasteiger partial charge on any atom is 0.402 e. The standard InChI is InChI=1S/C17H13BN3/c1-2-8-14(9-3-1)20-15-10-4-5-11-16(15)21(18-20)17-12-6-7-13-19-17/h1-13H. The van der Waals surface area contributed by atoms with Gasteiger partial charge in [0, 0.05) is 11.9 Å². The van der Waals surface area contributed by atoms with Gasteiger partial charge in [0.1, 0.15) is 5.82 Å². The van der Waals surface area contributed by atoms with Crippen molar-refractivity contribution in [3.63, 3.8) is 0 Å². The molecule has 2 heterocycles. The summed E-state index contributed by atoms with van der Waals surface area (Å²) >= 11 is 0. The number of hydrogen-bond acceptors (Lipinski definition) is 3. The Hall–Kier alpha value is -2.75. The van der Waals surface area contributed by atoms with Crippen molar-refractivity contribution in [3.8, 4) is 0 Å². The molecule has 2 aromatic carbocycles. The Balaban J connectivity index is 1.81. The molecule has 1 aromatic heterocycles. The predicted octanol–water partition coefficient (Wildman–Crippen LogP) is 3.91. The fourth-order valence-corrected chi connectivity index (χ4v) is 2.58. The molecular weight excluding hydrogens is 257 g/mol. The average Bonchev–Trinajstić information content (AvgIpc) is 2.96. The first-order valence-corrected chi connectivity index (χ1v) is 6.92. The molecule has 0 amide bonds. The van der Waals surface area contributed by atoms with Gasteiger partial charge in [-0.05, 0) is 36.4 Å². The third-order valence-corrected chi connectivity index (χ3v) is 3.56. The van der Waals surface area contributed by atoms with E-state index in [4.69, 9.17) is 0 Å². The number of anilines is 4. The molecule has 1 aliphatic rings. The number of para-hydroxylation sites is 3. The van der Waals surface area contributed by atoms with E-state index >= 15 is 0 Å². The van der Waals surface area contributed by atoms with Crippen molar-refractivity contribution < 1.29 is 0 Å². The molecule has 4 rings (SSSR count). The van der Waals surface area contributed by atoms with Crippen molar-refractivity contribution in [1.29, 1.82) is 0 Å². The first kappa shape index (κ1) is 12.0. The van der Waals surface area contributed by atoms with Crippen LogP contribution in [0.1, 0.15) is 0 Å². The lowest BCUT2D eigenvalue weighted by Gasteiger charge is -2.19. The van der Waals surface area contributed by atoms with Crippen LogP contribution in [0.15, 0.2) is 79.0 Å². The Kier molecular flexibility index (Phi) is 2.85. The van der Waals surface area contributed by atoms with Gasteiger partial charge in [0.25, 0.3) is 0 Å². The predicted molar refractivity (Wildman–Crippen MR) is 87.2 cm³/mol. The number of fused-ring (bicyclic) bond motifs is 1. The van der Waals surface area contributed by atoms with Crippen LogP contribution >= 0.6 is 0 Å². The van der Waals surface area contributed by atoms with Crippen LogP contribution in [0.3, 0.4) is 0 Å². The molecule has 0 saturated carbocycles. The summed E-state index contributed by atoms with van der Waals surface area (Å²) in [4.78, 5) is 8.75. The number of nitrogens with zero attached hydrogens (tertiary/aromatic N) is 3. The van der Waals surface area contributed by atoms with E-state index in [2.05, 4.69) is 70.7 Å². The zero-order valence-corrected chi connectivity index (χ0v) is 11.4. The van der Waals surface area contributed by atoms with E-state index in [9.17, 15) is 0 Å². The minimum atomic E-state index is 0.920. The summed E-state index contributed by atoms with van der Waals surface area (Å²) in [7, 11) is 2.09. The Morgan fingerprint density at radius 3 is 2.05 bits per heavy atom.